The monoisotopic (exact) mass is 385 g/mol. The van der Waals surface area contributed by atoms with Crippen molar-refractivity contribution in [2.75, 3.05) is 45.3 Å². The van der Waals surface area contributed by atoms with E-state index in [9.17, 15) is 14.9 Å². The van der Waals surface area contributed by atoms with Gasteiger partial charge in [-0.25, -0.2) is 0 Å². The molecular formula is C20H23N3O5. The number of carbonyl (C=O) groups is 1. The van der Waals surface area contributed by atoms with E-state index in [1.807, 2.05) is 24.0 Å². The molecule has 8 nitrogen and oxygen atoms in total. The first-order valence-corrected chi connectivity index (χ1v) is 8.96. The Morgan fingerprint density at radius 3 is 2.39 bits per heavy atom. The average Bonchev–Trinajstić information content (AvgIpc) is 2.72. The topological polar surface area (TPSA) is 85.2 Å². The van der Waals surface area contributed by atoms with E-state index in [-0.39, 0.29) is 11.6 Å². The van der Waals surface area contributed by atoms with Gasteiger partial charge in [0, 0.05) is 26.2 Å². The van der Waals surface area contributed by atoms with Crippen molar-refractivity contribution < 1.29 is 19.2 Å². The lowest BCUT2D eigenvalue weighted by Gasteiger charge is -2.36. The molecule has 2 aromatic rings. The maximum Gasteiger partial charge on any atom is 0.296 e. The summed E-state index contributed by atoms with van der Waals surface area (Å²) in [6.07, 6.45) is 0. The Morgan fingerprint density at radius 1 is 1.07 bits per heavy atom. The number of carbonyl (C=O) groups excluding carboxylic acids is 1. The van der Waals surface area contributed by atoms with Crippen molar-refractivity contribution in [3.8, 4) is 11.5 Å². The number of amides is 1. The highest BCUT2D eigenvalue weighted by molar-refractivity contribution is 5.97. The Morgan fingerprint density at radius 2 is 1.79 bits per heavy atom. The summed E-state index contributed by atoms with van der Waals surface area (Å²) in [6, 6.07) is 10.3. The van der Waals surface area contributed by atoms with Gasteiger partial charge in [0.25, 0.3) is 11.6 Å². The first-order valence-electron chi connectivity index (χ1n) is 8.96. The molecule has 148 valence electrons. The fourth-order valence-electron chi connectivity index (χ4n) is 3.46. The molecule has 3 rings (SSSR count). The van der Waals surface area contributed by atoms with Crippen LogP contribution in [-0.4, -0.2) is 56.1 Å². The maximum atomic E-state index is 12.9. The largest absolute Gasteiger partial charge is 0.496 e. The molecule has 1 aliphatic heterocycles. The first kappa shape index (κ1) is 19.5. The molecule has 1 saturated heterocycles. The highest BCUT2D eigenvalue weighted by Crippen LogP contribution is 2.33. The minimum absolute atomic E-state index is 0.000482. The number of anilines is 1. The lowest BCUT2D eigenvalue weighted by atomic mass is 10.1. The zero-order chi connectivity index (χ0) is 20.3. The average molecular weight is 385 g/mol. The van der Waals surface area contributed by atoms with Crippen LogP contribution in [0.1, 0.15) is 15.9 Å². The number of hydrogen-bond donors (Lipinski definition) is 0. The van der Waals surface area contributed by atoms with Crippen LogP contribution in [-0.2, 0) is 0 Å². The Kier molecular flexibility index (Phi) is 5.67. The number of piperazine rings is 1. The van der Waals surface area contributed by atoms with E-state index in [1.165, 1.54) is 13.2 Å². The van der Waals surface area contributed by atoms with Gasteiger partial charge in [0.1, 0.15) is 17.2 Å². The molecule has 2 aromatic carbocycles. The number of hydrogen-bond acceptors (Lipinski definition) is 6. The summed E-state index contributed by atoms with van der Waals surface area (Å²) in [5.41, 5.74) is 1.97. The number of para-hydroxylation sites is 1. The summed E-state index contributed by atoms with van der Waals surface area (Å²) < 4.78 is 10.5. The normalized spacial score (nSPS) is 14.0. The van der Waals surface area contributed by atoms with Crippen LogP contribution in [0.3, 0.4) is 0 Å². The van der Waals surface area contributed by atoms with E-state index in [0.717, 1.165) is 5.56 Å². The second-order valence-corrected chi connectivity index (χ2v) is 6.55. The molecule has 1 heterocycles. The van der Waals surface area contributed by atoms with Crippen molar-refractivity contribution in [2.45, 2.75) is 6.92 Å². The quantitative estimate of drug-likeness (QED) is 0.581. The smallest absolute Gasteiger partial charge is 0.296 e. The fraction of sp³-hybridized carbons (Fsp3) is 0.350. The van der Waals surface area contributed by atoms with E-state index >= 15 is 0 Å². The van der Waals surface area contributed by atoms with Gasteiger partial charge in [-0.3, -0.25) is 14.9 Å². The summed E-state index contributed by atoms with van der Waals surface area (Å²) in [5, 5.41) is 11.4. The van der Waals surface area contributed by atoms with Gasteiger partial charge >= 0.3 is 0 Å². The van der Waals surface area contributed by atoms with Crippen LogP contribution in [0.25, 0.3) is 0 Å². The molecule has 0 aromatic heterocycles. The third-order valence-corrected chi connectivity index (χ3v) is 4.93. The molecule has 8 heteroatoms. The summed E-state index contributed by atoms with van der Waals surface area (Å²) in [7, 11) is 3.03. The van der Waals surface area contributed by atoms with E-state index in [4.69, 9.17) is 9.47 Å². The van der Waals surface area contributed by atoms with Crippen LogP contribution in [0, 0.1) is 17.0 Å². The standard InChI is InChI=1S/C20H23N3O5/c1-14-5-4-6-16(19(14)28-3)20(24)22-11-9-21(10-12-22)17-8-7-15(27-2)13-18(17)23(25)26/h4-8,13H,9-12H2,1-3H3. The zero-order valence-electron chi connectivity index (χ0n) is 16.2. The molecule has 28 heavy (non-hydrogen) atoms. The van der Waals surface area contributed by atoms with E-state index in [2.05, 4.69) is 0 Å². The maximum absolute atomic E-state index is 12.9. The molecule has 0 aliphatic carbocycles. The van der Waals surface area contributed by atoms with Crippen molar-refractivity contribution >= 4 is 17.3 Å². The number of nitrogens with zero attached hydrogens (tertiary/aromatic N) is 3. The summed E-state index contributed by atoms with van der Waals surface area (Å²) in [6.45, 7) is 3.86. The molecular weight excluding hydrogens is 362 g/mol. The Labute approximate surface area is 163 Å². The second kappa shape index (κ2) is 8.16. The minimum atomic E-state index is -0.410. The van der Waals surface area contributed by atoms with Crippen molar-refractivity contribution in [1.29, 1.82) is 0 Å². The lowest BCUT2D eigenvalue weighted by molar-refractivity contribution is -0.384. The number of rotatable bonds is 5. The highest BCUT2D eigenvalue weighted by Gasteiger charge is 2.28. The van der Waals surface area contributed by atoms with Gasteiger partial charge in [-0.1, -0.05) is 12.1 Å². The number of aryl methyl sites for hydroxylation is 1. The van der Waals surface area contributed by atoms with E-state index in [0.29, 0.717) is 48.9 Å². The third-order valence-electron chi connectivity index (χ3n) is 4.93. The van der Waals surface area contributed by atoms with Crippen LogP contribution in [0.15, 0.2) is 36.4 Å². The van der Waals surface area contributed by atoms with Gasteiger partial charge in [0.05, 0.1) is 30.8 Å². The van der Waals surface area contributed by atoms with Crippen molar-refractivity contribution in [3.05, 3.63) is 57.6 Å². The third kappa shape index (κ3) is 3.71. The Balaban J connectivity index is 1.76. The molecule has 0 N–H and O–H groups in total. The SMILES string of the molecule is COc1ccc(N2CCN(C(=O)c3cccc(C)c3OC)CC2)c([N+](=O)[O-])c1. The number of nitro groups is 1. The Hall–Kier alpha value is -3.29. The number of nitro benzene ring substituents is 1. The van der Waals surface area contributed by atoms with Gasteiger partial charge in [0.15, 0.2) is 0 Å². The van der Waals surface area contributed by atoms with Crippen LogP contribution in [0.4, 0.5) is 11.4 Å². The first-order chi connectivity index (χ1) is 13.5. The van der Waals surface area contributed by atoms with Gasteiger partial charge < -0.3 is 19.3 Å². The van der Waals surface area contributed by atoms with Gasteiger partial charge in [-0.05, 0) is 30.7 Å². The molecule has 1 fully saturated rings. The molecule has 1 aliphatic rings. The molecule has 0 radical (unpaired) electrons. The van der Waals surface area contributed by atoms with Crippen LogP contribution >= 0.6 is 0 Å². The molecule has 1 amide bonds. The summed E-state index contributed by atoms with van der Waals surface area (Å²) in [5.74, 6) is 0.931. The molecule has 0 atom stereocenters. The number of ether oxygens (including phenoxy) is 2. The molecule has 0 unspecified atom stereocenters. The zero-order valence-corrected chi connectivity index (χ0v) is 16.2. The molecule has 0 saturated carbocycles. The van der Waals surface area contributed by atoms with Gasteiger partial charge in [0.2, 0.25) is 0 Å². The van der Waals surface area contributed by atoms with Crippen LogP contribution < -0.4 is 14.4 Å². The summed E-state index contributed by atoms with van der Waals surface area (Å²) in [4.78, 5) is 27.6. The Bertz CT molecular complexity index is 891. The van der Waals surface area contributed by atoms with Gasteiger partial charge in [-0.15, -0.1) is 0 Å². The summed E-state index contributed by atoms with van der Waals surface area (Å²) >= 11 is 0. The minimum Gasteiger partial charge on any atom is -0.496 e. The van der Waals surface area contributed by atoms with E-state index in [1.54, 1.807) is 30.2 Å². The second-order valence-electron chi connectivity index (χ2n) is 6.55. The van der Waals surface area contributed by atoms with Crippen molar-refractivity contribution in [2.24, 2.45) is 0 Å². The van der Waals surface area contributed by atoms with Gasteiger partial charge in [-0.2, -0.15) is 0 Å². The molecule has 0 spiro atoms. The van der Waals surface area contributed by atoms with Crippen LogP contribution in [0.5, 0.6) is 11.5 Å². The molecule has 0 bridgehead atoms. The van der Waals surface area contributed by atoms with Crippen molar-refractivity contribution in [1.82, 2.24) is 4.90 Å². The predicted molar refractivity (Wildman–Crippen MR) is 105 cm³/mol. The van der Waals surface area contributed by atoms with Crippen LogP contribution in [0.2, 0.25) is 0 Å². The fourth-order valence-corrected chi connectivity index (χ4v) is 3.46. The van der Waals surface area contributed by atoms with Crippen molar-refractivity contribution in [3.63, 3.8) is 0 Å². The predicted octanol–water partition coefficient (Wildman–Crippen LogP) is 2.88. The number of methoxy groups -OCH3 is 2. The lowest BCUT2D eigenvalue weighted by Crippen LogP contribution is -2.49. The highest BCUT2D eigenvalue weighted by atomic mass is 16.6. The number of benzene rings is 2. The van der Waals surface area contributed by atoms with E-state index < -0.39 is 4.92 Å².